The van der Waals surface area contributed by atoms with Gasteiger partial charge in [-0.2, -0.15) is 0 Å². The predicted octanol–water partition coefficient (Wildman–Crippen LogP) is 5.20. The molecule has 1 N–H and O–H groups in total. The van der Waals surface area contributed by atoms with E-state index in [-0.39, 0.29) is 0 Å². The van der Waals surface area contributed by atoms with Crippen LogP contribution in [0.25, 0.3) is 0 Å². The number of nitrogens with one attached hydrogen (secondary N) is 1. The standard InChI is InChI=1S/C14H16Br2N2S/c1-8-5-10(15)13(11(16)6-8)18-14-17-12-4-2-3-9(12)7-19-14/h5-6,9,12H,2-4,7H2,1H3,(H,17,18). The highest BCUT2D eigenvalue weighted by molar-refractivity contribution is 9.11. The molecule has 0 aromatic heterocycles. The van der Waals surface area contributed by atoms with Gasteiger partial charge in [0.15, 0.2) is 5.17 Å². The maximum absolute atomic E-state index is 4.87. The van der Waals surface area contributed by atoms with E-state index >= 15 is 0 Å². The molecule has 2 unspecified atom stereocenters. The van der Waals surface area contributed by atoms with Crippen LogP contribution in [-0.4, -0.2) is 17.0 Å². The number of rotatable bonds is 1. The molecule has 0 amide bonds. The zero-order valence-electron chi connectivity index (χ0n) is 10.7. The van der Waals surface area contributed by atoms with Crippen LogP contribution in [0.4, 0.5) is 5.69 Å². The lowest BCUT2D eigenvalue weighted by molar-refractivity contribution is 0.535. The van der Waals surface area contributed by atoms with Gasteiger partial charge in [-0.25, -0.2) is 0 Å². The average Bonchev–Trinajstić information content (AvgIpc) is 2.81. The number of thioether (sulfide) groups is 1. The van der Waals surface area contributed by atoms with E-state index in [1.165, 1.54) is 30.6 Å². The first-order valence-corrected chi connectivity index (χ1v) is 9.14. The molecule has 0 radical (unpaired) electrons. The van der Waals surface area contributed by atoms with Crippen LogP contribution in [0.15, 0.2) is 26.1 Å². The van der Waals surface area contributed by atoms with Crippen LogP contribution in [0.5, 0.6) is 0 Å². The number of benzene rings is 1. The molecule has 2 atom stereocenters. The average molecular weight is 404 g/mol. The molecule has 1 heterocycles. The Kier molecular flexibility index (Phi) is 4.25. The molecular formula is C14H16Br2N2S. The van der Waals surface area contributed by atoms with E-state index < -0.39 is 0 Å². The molecule has 3 rings (SSSR count). The lowest BCUT2D eigenvalue weighted by atomic mass is 10.1. The van der Waals surface area contributed by atoms with Crippen molar-refractivity contribution in [3.8, 4) is 0 Å². The van der Waals surface area contributed by atoms with Gasteiger partial charge in [-0.1, -0.05) is 18.2 Å². The molecule has 0 bridgehead atoms. The Balaban J connectivity index is 1.82. The maximum atomic E-state index is 4.87. The van der Waals surface area contributed by atoms with Gasteiger partial charge in [0.1, 0.15) is 0 Å². The first-order chi connectivity index (χ1) is 9.13. The third-order valence-corrected chi connectivity index (χ3v) is 6.08. The highest BCUT2D eigenvalue weighted by Gasteiger charge is 2.31. The summed E-state index contributed by atoms with van der Waals surface area (Å²) in [5.41, 5.74) is 2.31. The van der Waals surface area contributed by atoms with Gasteiger partial charge in [0.2, 0.25) is 0 Å². The minimum absolute atomic E-state index is 0.548. The molecule has 2 aliphatic rings. The van der Waals surface area contributed by atoms with Gasteiger partial charge in [0.05, 0.1) is 11.7 Å². The van der Waals surface area contributed by atoms with E-state index in [4.69, 9.17) is 4.99 Å². The summed E-state index contributed by atoms with van der Waals surface area (Å²) in [6.45, 7) is 2.09. The van der Waals surface area contributed by atoms with E-state index in [1.807, 2.05) is 11.8 Å². The lowest BCUT2D eigenvalue weighted by Crippen LogP contribution is -2.25. The summed E-state index contributed by atoms with van der Waals surface area (Å²) < 4.78 is 2.16. The summed E-state index contributed by atoms with van der Waals surface area (Å²) in [5.74, 6) is 2.01. The Hall–Kier alpha value is -0.000000000000000111. The van der Waals surface area contributed by atoms with E-state index in [0.717, 1.165) is 25.7 Å². The van der Waals surface area contributed by atoms with Gasteiger partial charge in [0, 0.05) is 14.7 Å². The third-order valence-electron chi connectivity index (χ3n) is 3.75. The zero-order valence-corrected chi connectivity index (χ0v) is 14.7. The van der Waals surface area contributed by atoms with Crippen LogP contribution in [0.3, 0.4) is 0 Å². The minimum atomic E-state index is 0.548. The molecule has 2 nitrogen and oxygen atoms in total. The summed E-state index contributed by atoms with van der Waals surface area (Å²) in [6, 6.07) is 4.80. The summed E-state index contributed by atoms with van der Waals surface area (Å²) in [4.78, 5) is 4.87. The number of halogens is 2. The van der Waals surface area contributed by atoms with Crippen molar-refractivity contribution in [2.24, 2.45) is 10.9 Å². The molecule has 1 fully saturated rings. The number of anilines is 1. The number of amidine groups is 1. The molecule has 5 heteroatoms. The van der Waals surface area contributed by atoms with Crippen LogP contribution in [0, 0.1) is 12.8 Å². The van der Waals surface area contributed by atoms with Crippen molar-refractivity contribution in [1.82, 2.24) is 0 Å². The zero-order chi connectivity index (χ0) is 13.4. The number of aliphatic imine (C=N–C) groups is 1. The molecule has 1 saturated carbocycles. The Bertz CT molecular complexity index is 507. The molecule has 0 spiro atoms. The second-order valence-corrected chi connectivity index (χ2v) is 7.95. The van der Waals surface area contributed by atoms with Crippen molar-refractivity contribution in [1.29, 1.82) is 0 Å². The van der Waals surface area contributed by atoms with Gasteiger partial charge >= 0.3 is 0 Å². The number of nitrogens with zero attached hydrogens (tertiary/aromatic N) is 1. The lowest BCUT2D eigenvalue weighted by Gasteiger charge is -2.24. The minimum Gasteiger partial charge on any atom is -0.333 e. The largest absolute Gasteiger partial charge is 0.333 e. The molecule has 0 saturated heterocycles. The fourth-order valence-corrected chi connectivity index (χ4v) is 5.51. The highest BCUT2D eigenvalue weighted by atomic mass is 79.9. The van der Waals surface area contributed by atoms with Gasteiger partial charge in [-0.05, 0) is 75.2 Å². The summed E-state index contributed by atoms with van der Waals surface area (Å²) in [5, 5.41) is 4.54. The van der Waals surface area contributed by atoms with Gasteiger partial charge in [-0.15, -0.1) is 0 Å². The number of hydrogen-bond acceptors (Lipinski definition) is 3. The summed E-state index contributed by atoms with van der Waals surface area (Å²) >= 11 is 9.10. The second kappa shape index (κ2) is 5.78. The fourth-order valence-electron chi connectivity index (χ4n) is 2.75. The fraction of sp³-hybridized carbons (Fsp3) is 0.500. The van der Waals surface area contributed by atoms with Crippen LogP contribution < -0.4 is 5.32 Å². The Labute approximate surface area is 135 Å². The number of hydrogen-bond donors (Lipinski definition) is 1. The molecular weight excluding hydrogens is 388 g/mol. The summed E-state index contributed by atoms with van der Waals surface area (Å²) in [7, 11) is 0. The van der Waals surface area contributed by atoms with E-state index in [0.29, 0.717) is 6.04 Å². The van der Waals surface area contributed by atoms with Gasteiger partial charge in [-0.3, -0.25) is 4.99 Å². The van der Waals surface area contributed by atoms with Crippen LogP contribution >= 0.6 is 43.6 Å². The van der Waals surface area contributed by atoms with Crippen LogP contribution in [0.1, 0.15) is 24.8 Å². The molecule has 1 aliphatic carbocycles. The van der Waals surface area contributed by atoms with E-state index in [1.54, 1.807) is 0 Å². The Morgan fingerprint density at radius 3 is 2.74 bits per heavy atom. The van der Waals surface area contributed by atoms with Crippen molar-refractivity contribution in [3.05, 3.63) is 26.6 Å². The first kappa shape index (κ1) is 14.0. The number of fused-ring (bicyclic) bond motifs is 1. The predicted molar refractivity (Wildman–Crippen MR) is 91.2 cm³/mol. The molecule has 1 aromatic rings. The SMILES string of the molecule is Cc1cc(Br)c(NC2=NC3CCCC3CS2)c(Br)c1. The van der Waals surface area contributed by atoms with E-state index in [2.05, 4.69) is 56.2 Å². The molecule has 102 valence electrons. The van der Waals surface area contributed by atoms with Crippen molar-refractivity contribution in [2.75, 3.05) is 11.1 Å². The quantitative estimate of drug-likeness (QED) is 0.696. The molecule has 1 aromatic carbocycles. The van der Waals surface area contributed by atoms with Crippen molar-refractivity contribution < 1.29 is 0 Å². The van der Waals surface area contributed by atoms with Gasteiger partial charge < -0.3 is 5.32 Å². The van der Waals surface area contributed by atoms with E-state index in [9.17, 15) is 0 Å². The van der Waals surface area contributed by atoms with Crippen molar-refractivity contribution >= 4 is 54.5 Å². The van der Waals surface area contributed by atoms with Gasteiger partial charge in [0.25, 0.3) is 0 Å². The Morgan fingerprint density at radius 1 is 1.26 bits per heavy atom. The van der Waals surface area contributed by atoms with Crippen LogP contribution in [0.2, 0.25) is 0 Å². The first-order valence-electron chi connectivity index (χ1n) is 6.57. The smallest absolute Gasteiger partial charge is 0.161 e. The monoisotopic (exact) mass is 402 g/mol. The highest BCUT2D eigenvalue weighted by Crippen LogP contribution is 2.38. The normalized spacial score (nSPS) is 25.9. The number of aryl methyl sites for hydroxylation is 1. The molecule has 19 heavy (non-hydrogen) atoms. The second-order valence-electron chi connectivity index (χ2n) is 5.23. The van der Waals surface area contributed by atoms with Crippen molar-refractivity contribution in [2.45, 2.75) is 32.2 Å². The molecule has 1 aliphatic heterocycles. The maximum Gasteiger partial charge on any atom is 0.161 e. The van der Waals surface area contributed by atoms with Crippen LogP contribution in [-0.2, 0) is 0 Å². The van der Waals surface area contributed by atoms with Crippen molar-refractivity contribution in [3.63, 3.8) is 0 Å². The third kappa shape index (κ3) is 3.03. The Morgan fingerprint density at radius 2 is 2.00 bits per heavy atom. The summed E-state index contributed by atoms with van der Waals surface area (Å²) in [6.07, 6.45) is 3.95. The topological polar surface area (TPSA) is 24.4 Å².